The summed E-state index contributed by atoms with van der Waals surface area (Å²) in [6.45, 7) is 3.97. The maximum atomic E-state index is 5.52. The Labute approximate surface area is 128 Å². The third-order valence-electron chi connectivity index (χ3n) is 3.74. The van der Waals surface area contributed by atoms with Crippen LogP contribution in [0, 0.1) is 0 Å². The molecule has 0 aliphatic rings. The Morgan fingerprint density at radius 1 is 0.600 bits per heavy atom. The van der Waals surface area contributed by atoms with Gasteiger partial charge in [-0.15, -0.1) is 0 Å². The highest BCUT2D eigenvalue weighted by Gasteiger charge is 1.94. The van der Waals surface area contributed by atoms with Crippen molar-refractivity contribution in [2.45, 2.75) is 90.4 Å². The lowest BCUT2D eigenvalue weighted by Crippen LogP contribution is -2.16. The number of ether oxygens (including phenoxy) is 1. The molecule has 0 aliphatic heterocycles. The van der Waals surface area contributed by atoms with Crippen LogP contribution in [0.5, 0.6) is 0 Å². The zero-order valence-electron chi connectivity index (χ0n) is 14.5. The Balaban J connectivity index is 2.92. The summed E-state index contributed by atoms with van der Waals surface area (Å²) in [6.07, 6.45) is 18.3. The minimum Gasteiger partial charge on any atom is -0.366 e. The average molecular weight is 286 g/mol. The van der Waals surface area contributed by atoms with E-state index in [1.807, 2.05) is 14.1 Å². The first kappa shape index (κ1) is 19.9. The lowest BCUT2D eigenvalue weighted by molar-refractivity contribution is 0.0539. The van der Waals surface area contributed by atoms with Crippen LogP contribution in [0.2, 0.25) is 0 Å². The van der Waals surface area contributed by atoms with Crippen molar-refractivity contribution >= 4 is 0 Å². The molecular formula is C18H39NO. The summed E-state index contributed by atoms with van der Waals surface area (Å²) < 4.78 is 5.52. The second kappa shape index (κ2) is 17.0. The van der Waals surface area contributed by atoms with Gasteiger partial charge in [-0.2, -0.15) is 0 Å². The predicted molar refractivity (Wildman–Crippen MR) is 90.2 cm³/mol. The van der Waals surface area contributed by atoms with E-state index in [0.717, 1.165) is 13.3 Å². The molecule has 0 aromatic carbocycles. The van der Waals surface area contributed by atoms with Crippen molar-refractivity contribution in [3.05, 3.63) is 0 Å². The normalized spacial score (nSPS) is 11.4. The van der Waals surface area contributed by atoms with Gasteiger partial charge >= 0.3 is 0 Å². The summed E-state index contributed by atoms with van der Waals surface area (Å²) in [5.74, 6) is 0. The van der Waals surface area contributed by atoms with E-state index in [1.165, 1.54) is 83.5 Å². The van der Waals surface area contributed by atoms with Crippen molar-refractivity contribution in [1.82, 2.24) is 4.90 Å². The molecule has 122 valence electrons. The van der Waals surface area contributed by atoms with E-state index in [2.05, 4.69) is 11.8 Å². The molecule has 0 atom stereocenters. The fourth-order valence-electron chi connectivity index (χ4n) is 2.47. The second-order valence-corrected chi connectivity index (χ2v) is 6.36. The molecule has 0 aromatic heterocycles. The van der Waals surface area contributed by atoms with E-state index in [4.69, 9.17) is 4.74 Å². The number of hydrogen-bond acceptors (Lipinski definition) is 2. The van der Waals surface area contributed by atoms with Crippen molar-refractivity contribution in [1.29, 1.82) is 0 Å². The number of rotatable bonds is 16. The van der Waals surface area contributed by atoms with Gasteiger partial charge in [0.2, 0.25) is 0 Å². The SMILES string of the molecule is CCCCCCCCCCCCCCCOCN(C)C. The molecule has 20 heavy (non-hydrogen) atoms. The van der Waals surface area contributed by atoms with Crippen molar-refractivity contribution in [2.24, 2.45) is 0 Å². The summed E-state index contributed by atoms with van der Waals surface area (Å²) in [5.41, 5.74) is 0. The maximum Gasteiger partial charge on any atom is 0.0985 e. The van der Waals surface area contributed by atoms with Crippen molar-refractivity contribution in [2.75, 3.05) is 27.4 Å². The molecule has 2 nitrogen and oxygen atoms in total. The lowest BCUT2D eigenvalue weighted by atomic mass is 10.0. The quantitative estimate of drug-likeness (QED) is 0.270. The third kappa shape index (κ3) is 17.9. The fraction of sp³-hybridized carbons (Fsp3) is 1.00. The lowest BCUT2D eigenvalue weighted by Gasteiger charge is -2.09. The Morgan fingerprint density at radius 2 is 1.00 bits per heavy atom. The van der Waals surface area contributed by atoms with Gasteiger partial charge in [-0.25, -0.2) is 0 Å². The molecule has 0 spiro atoms. The zero-order chi connectivity index (χ0) is 14.9. The molecule has 0 aliphatic carbocycles. The summed E-state index contributed by atoms with van der Waals surface area (Å²) in [5, 5.41) is 0. The molecule has 0 unspecified atom stereocenters. The van der Waals surface area contributed by atoms with Crippen LogP contribution < -0.4 is 0 Å². The van der Waals surface area contributed by atoms with Gasteiger partial charge in [-0.3, -0.25) is 4.90 Å². The van der Waals surface area contributed by atoms with Crippen LogP contribution in [-0.4, -0.2) is 32.3 Å². The first-order valence-electron chi connectivity index (χ1n) is 9.00. The van der Waals surface area contributed by atoms with Crippen LogP contribution in [0.4, 0.5) is 0 Å². The van der Waals surface area contributed by atoms with Crippen LogP contribution in [0.1, 0.15) is 90.4 Å². The van der Waals surface area contributed by atoms with Gasteiger partial charge in [0, 0.05) is 6.61 Å². The molecule has 0 radical (unpaired) electrons. The van der Waals surface area contributed by atoms with Crippen LogP contribution in [0.25, 0.3) is 0 Å². The topological polar surface area (TPSA) is 12.5 Å². The molecular weight excluding hydrogens is 246 g/mol. The van der Waals surface area contributed by atoms with Crippen LogP contribution >= 0.6 is 0 Å². The molecule has 0 N–H and O–H groups in total. The number of unbranched alkanes of at least 4 members (excludes halogenated alkanes) is 12. The Bertz CT molecular complexity index is 171. The number of nitrogens with zero attached hydrogens (tertiary/aromatic N) is 1. The van der Waals surface area contributed by atoms with Gasteiger partial charge < -0.3 is 4.74 Å². The average Bonchev–Trinajstić information content (AvgIpc) is 2.43. The molecule has 0 fully saturated rings. The highest BCUT2D eigenvalue weighted by molar-refractivity contribution is 4.48. The first-order valence-corrected chi connectivity index (χ1v) is 9.00. The largest absolute Gasteiger partial charge is 0.366 e. The number of hydrogen-bond donors (Lipinski definition) is 0. The molecule has 0 saturated carbocycles. The van der Waals surface area contributed by atoms with Crippen molar-refractivity contribution < 1.29 is 4.74 Å². The summed E-state index contributed by atoms with van der Waals surface area (Å²) in [7, 11) is 4.09. The minimum absolute atomic E-state index is 0.762. The van der Waals surface area contributed by atoms with Gasteiger partial charge in [0.25, 0.3) is 0 Å². The van der Waals surface area contributed by atoms with Gasteiger partial charge in [0.15, 0.2) is 0 Å². The smallest absolute Gasteiger partial charge is 0.0985 e. The minimum atomic E-state index is 0.762. The van der Waals surface area contributed by atoms with Gasteiger partial charge in [0.05, 0.1) is 6.73 Å². The Morgan fingerprint density at radius 3 is 1.40 bits per heavy atom. The molecule has 0 rings (SSSR count). The first-order chi connectivity index (χ1) is 9.77. The molecule has 0 saturated heterocycles. The predicted octanol–water partition coefficient (Wildman–Crippen LogP) is 5.61. The van der Waals surface area contributed by atoms with Gasteiger partial charge in [-0.05, 0) is 20.5 Å². The Kier molecular flexibility index (Phi) is 16.9. The highest BCUT2D eigenvalue weighted by atomic mass is 16.5. The molecule has 0 amide bonds. The zero-order valence-corrected chi connectivity index (χ0v) is 14.5. The third-order valence-corrected chi connectivity index (χ3v) is 3.74. The highest BCUT2D eigenvalue weighted by Crippen LogP contribution is 2.12. The maximum absolute atomic E-state index is 5.52. The summed E-state index contributed by atoms with van der Waals surface area (Å²) >= 11 is 0. The second-order valence-electron chi connectivity index (χ2n) is 6.36. The molecule has 0 aromatic rings. The molecule has 0 heterocycles. The standard InChI is InChI=1S/C18H39NO/c1-4-5-6-7-8-9-10-11-12-13-14-15-16-17-20-18-19(2)3/h4-18H2,1-3H3. The fourth-order valence-corrected chi connectivity index (χ4v) is 2.47. The van der Waals surface area contributed by atoms with Crippen LogP contribution in [0.15, 0.2) is 0 Å². The van der Waals surface area contributed by atoms with Gasteiger partial charge in [0.1, 0.15) is 0 Å². The van der Waals surface area contributed by atoms with E-state index in [9.17, 15) is 0 Å². The van der Waals surface area contributed by atoms with E-state index in [1.54, 1.807) is 0 Å². The van der Waals surface area contributed by atoms with E-state index in [0.29, 0.717) is 0 Å². The Hall–Kier alpha value is -0.0800. The van der Waals surface area contributed by atoms with E-state index >= 15 is 0 Å². The van der Waals surface area contributed by atoms with Crippen molar-refractivity contribution in [3.63, 3.8) is 0 Å². The summed E-state index contributed by atoms with van der Waals surface area (Å²) in [4.78, 5) is 2.07. The van der Waals surface area contributed by atoms with Crippen LogP contribution in [0.3, 0.4) is 0 Å². The van der Waals surface area contributed by atoms with E-state index in [-0.39, 0.29) is 0 Å². The molecule has 0 bridgehead atoms. The molecule has 2 heteroatoms. The van der Waals surface area contributed by atoms with Crippen molar-refractivity contribution in [3.8, 4) is 0 Å². The van der Waals surface area contributed by atoms with E-state index < -0.39 is 0 Å². The van der Waals surface area contributed by atoms with Crippen LogP contribution in [-0.2, 0) is 4.74 Å². The summed E-state index contributed by atoms with van der Waals surface area (Å²) in [6, 6.07) is 0. The van der Waals surface area contributed by atoms with Gasteiger partial charge in [-0.1, -0.05) is 84.0 Å². The monoisotopic (exact) mass is 285 g/mol.